The van der Waals surface area contributed by atoms with E-state index in [1.807, 2.05) is 37.3 Å². The molecule has 0 fully saturated rings. The van der Waals surface area contributed by atoms with Gasteiger partial charge in [-0.2, -0.15) is 0 Å². The van der Waals surface area contributed by atoms with Gasteiger partial charge in [0.2, 0.25) is 0 Å². The molecule has 2 N–H and O–H groups in total. The molecule has 19 heavy (non-hydrogen) atoms. The summed E-state index contributed by atoms with van der Waals surface area (Å²) in [5.74, 6) is 0.939. The molecule has 0 saturated heterocycles. The number of para-hydroxylation sites is 1. The second kappa shape index (κ2) is 6.39. The first kappa shape index (κ1) is 13.6. The van der Waals surface area contributed by atoms with Gasteiger partial charge in [-0.05, 0) is 43.0 Å². The molecule has 0 aromatic heterocycles. The van der Waals surface area contributed by atoms with Crippen LogP contribution in [0, 0.1) is 6.92 Å². The van der Waals surface area contributed by atoms with E-state index in [0.717, 1.165) is 12.2 Å². The van der Waals surface area contributed by atoms with Crippen LogP contribution in [0.4, 0.5) is 0 Å². The van der Waals surface area contributed by atoms with Crippen LogP contribution in [-0.2, 0) is 6.42 Å². The minimum absolute atomic E-state index is 0.00260. The number of aryl methyl sites for hydroxylation is 1. The third-order valence-corrected chi connectivity index (χ3v) is 3.30. The van der Waals surface area contributed by atoms with E-state index in [4.69, 9.17) is 10.5 Å². The van der Waals surface area contributed by atoms with Crippen molar-refractivity contribution in [3.8, 4) is 5.75 Å². The highest BCUT2D eigenvalue weighted by molar-refractivity contribution is 5.36. The van der Waals surface area contributed by atoms with Crippen molar-refractivity contribution in [3.63, 3.8) is 0 Å². The monoisotopic (exact) mass is 255 g/mol. The van der Waals surface area contributed by atoms with E-state index in [1.54, 1.807) is 0 Å². The maximum atomic E-state index is 6.34. The van der Waals surface area contributed by atoms with Crippen molar-refractivity contribution in [1.29, 1.82) is 0 Å². The lowest BCUT2D eigenvalue weighted by Crippen LogP contribution is -2.15. The highest BCUT2D eigenvalue weighted by Gasteiger charge is 2.12. The molecular formula is C17H21NO. The third kappa shape index (κ3) is 3.36. The molecule has 2 heteroatoms. The second-order valence-electron chi connectivity index (χ2n) is 4.71. The summed E-state index contributed by atoms with van der Waals surface area (Å²) >= 11 is 0. The summed E-state index contributed by atoms with van der Waals surface area (Å²) < 4.78 is 5.65. The molecule has 2 aromatic rings. The van der Waals surface area contributed by atoms with Crippen molar-refractivity contribution < 1.29 is 4.74 Å². The van der Waals surface area contributed by atoms with Gasteiger partial charge in [0.25, 0.3) is 0 Å². The minimum atomic E-state index is 0.00260. The Morgan fingerprint density at radius 1 is 1.05 bits per heavy atom. The van der Waals surface area contributed by atoms with Crippen LogP contribution < -0.4 is 10.5 Å². The van der Waals surface area contributed by atoms with E-state index in [0.29, 0.717) is 6.61 Å². The van der Waals surface area contributed by atoms with Gasteiger partial charge in [-0.25, -0.2) is 0 Å². The molecule has 0 aliphatic heterocycles. The fourth-order valence-electron chi connectivity index (χ4n) is 2.32. The summed E-state index contributed by atoms with van der Waals surface area (Å²) in [7, 11) is 0. The highest BCUT2D eigenvalue weighted by atomic mass is 16.5. The van der Waals surface area contributed by atoms with E-state index < -0.39 is 0 Å². The van der Waals surface area contributed by atoms with Crippen molar-refractivity contribution in [2.45, 2.75) is 26.3 Å². The van der Waals surface area contributed by atoms with Crippen LogP contribution in [0.1, 0.15) is 29.7 Å². The van der Waals surface area contributed by atoms with Gasteiger partial charge in [-0.3, -0.25) is 0 Å². The number of hydrogen-bond donors (Lipinski definition) is 1. The van der Waals surface area contributed by atoms with Gasteiger partial charge < -0.3 is 10.5 Å². The standard InChI is InChI=1S/C17H21NO/c1-3-19-17-11-7-5-9-14(17)12-16(18)15-10-6-4-8-13(15)2/h4-11,16H,3,12,18H2,1-2H3. The minimum Gasteiger partial charge on any atom is -0.494 e. The van der Waals surface area contributed by atoms with E-state index in [2.05, 4.69) is 25.1 Å². The maximum Gasteiger partial charge on any atom is 0.122 e. The normalized spacial score (nSPS) is 12.2. The Bertz CT molecular complexity index is 536. The quantitative estimate of drug-likeness (QED) is 0.885. The van der Waals surface area contributed by atoms with Gasteiger partial charge in [0.05, 0.1) is 6.61 Å². The van der Waals surface area contributed by atoms with Crippen molar-refractivity contribution in [3.05, 3.63) is 65.2 Å². The fourth-order valence-corrected chi connectivity index (χ4v) is 2.32. The van der Waals surface area contributed by atoms with Crippen LogP contribution >= 0.6 is 0 Å². The molecule has 0 aliphatic rings. The van der Waals surface area contributed by atoms with Crippen LogP contribution in [0.5, 0.6) is 5.75 Å². The summed E-state index contributed by atoms with van der Waals surface area (Å²) in [6, 6.07) is 16.4. The zero-order chi connectivity index (χ0) is 13.7. The Morgan fingerprint density at radius 2 is 1.74 bits per heavy atom. The summed E-state index contributed by atoms with van der Waals surface area (Å²) in [5, 5.41) is 0. The molecule has 100 valence electrons. The number of rotatable bonds is 5. The summed E-state index contributed by atoms with van der Waals surface area (Å²) in [5.41, 5.74) is 9.95. The van der Waals surface area contributed by atoms with Gasteiger partial charge in [0, 0.05) is 6.04 Å². The maximum absolute atomic E-state index is 6.34. The Balaban J connectivity index is 2.19. The average molecular weight is 255 g/mol. The summed E-state index contributed by atoms with van der Waals surface area (Å²) in [6.45, 7) is 4.78. The van der Waals surface area contributed by atoms with E-state index in [-0.39, 0.29) is 6.04 Å². The Labute approximate surface area is 115 Å². The first-order valence-electron chi connectivity index (χ1n) is 6.74. The molecule has 0 spiro atoms. The predicted molar refractivity (Wildman–Crippen MR) is 79.4 cm³/mol. The van der Waals surface area contributed by atoms with Gasteiger partial charge >= 0.3 is 0 Å². The topological polar surface area (TPSA) is 35.2 Å². The average Bonchev–Trinajstić information content (AvgIpc) is 2.41. The molecule has 0 aliphatic carbocycles. The molecule has 2 rings (SSSR count). The van der Waals surface area contributed by atoms with Crippen molar-refractivity contribution in [1.82, 2.24) is 0 Å². The molecule has 2 aromatic carbocycles. The molecular weight excluding hydrogens is 234 g/mol. The SMILES string of the molecule is CCOc1ccccc1CC(N)c1ccccc1C. The summed E-state index contributed by atoms with van der Waals surface area (Å²) in [4.78, 5) is 0. The number of ether oxygens (including phenoxy) is 1. The number of nitrogens with two attached hydrogens (primary N) is 1. The largest absolute Gasteiger partial charge is 0.494 e. The molecule has 1 unspecified atom stereocenters. The third-order valence-electron chi connectivity index (χ3n) is 3.30. The zero-order valence-electron chi connectivity index (χ0n) is 11.6. The van der Waals surface area contributed by atoms with Crippen LogP contribution in [0.15, 0.2) is 48.5 Å². The molecule has 0 heterocycles. The Morgan fingerprint density at radius 3 is 2.47 bits per heavy atom. The van der Waals surface area contributed by atoms with E-state index in [9.17, 15) is 0 Å². The number of hydrogen-bond acceptors (Lipinski definition) is 2. The fraction of sp³-hybridized carbons (Fsp3) is 0.294. The van der Waals surface area contributed by atoms with Gasteiger partial charge in [-0.15, -0.1) is 0 Å². The van der Waals surface area contributed by atoms with Crippen molar-refractivity contribution in [2.75, 3.05) is 6.61 Å². The van der Waals surface area contributed by atoms with Gasteiger partial charge in [0.1, 0.15) is 5.75 Å². The smallest absolute Gasteiger partial charge is 0.122 e. The second-order valence-corrected chi connectivity index (χ2v) is 4.71. The van der Waals surface area contributed by atoms with Crippen LogP contribution in [0.2, 0.25) is 0 Å². The molecule has 0 radical (unpaired) electrons. The predicted octanol–water partition coefficient (Wildman–Crippen LogP) is 3.64. The lowest BCUT2D eigenvalue weighted by atomic mass is 9.96. The lowest BCUT2D eigenvalue weighted by molar-refractivity contribution is 0.335. The molecule has 2 nitrogen and oxygen atoms in total. The number of benzene rings is 2. The van der Waals surface area contributed by atoms with E-state index in [1.165, 1.54) is 16.7 Å². The highest BCUT2D eigenvalue weighted by Crippen LogP contribution is 2.25. The molecule has 0 amide bonds. The first-order valence-corrected chi connectivity index (χ1v) is 6.74. The molecule has 1 atom stereocenters. The lowest BCUT2D eigenvalue weighted by Gasteiger charge is -2.17. The van der Waals surface area contributed by atoms with Crippen molar-refractivity contribution >= 4 is 0 Å². The van der Waals surface area contributed by atoms with Crippen LogP contribution in [0.25, 0.3) is 0 Å². The first-order chi connectivity index (χ1) is 9.22. The van der Waals surface area contributed by atoms with E-state index >= 15 is 0 Å². The van der Waals surface area contributed by atoms with Gasteiger partial charge in [-0.1, -0.05) is 42.5 Å². The Kier molecular flexibility index (Phi) is 4.58. The Hall–Kier alpha value is -1.80. The van der Waals surface area contributed by atoms with Crippen molar-refractivity contribution in [2.24, 2.45) is 5.73 Å². The molecule has 0 saturated carbocycles. The summed E-state index contributed by atoms with van der Waals surface area (Å²) in [6.07, 6.45) is 0.793. The zero-order valence-corrected chi connectivity index (χ0v) is 11.6. The van der Waals surface area contributed by atoms with Gasteiger partial charge in [0.15, 0.2) is 0 Å². The molecule has 0 bridgehead atoms. The van der Waals surface area contributed by atoms with Crippen LogP contribution in [-0.4, -0.2) is 6.61 Å². The van der Waals surface area contributed by atoms with Crippen LogP contribution in [0.3, 0.4) is 0 Å².